The van der Waals surface area contributed by atoms with Crippen LogP contribution in [0.3, 0.4) is 0 Å². The summed E-state index contributed by atoms with van der Waals surface area (Å²) >= 11 is 2.47. The van der Waals surface area contributed by atoms with Crippen molar-refractivity contribution in [2.45, 2.75) is 37.9 Å². The summed E-state index contributed by atoms with van der Waals surface area (Å²) in [6, 6.07) is 2.32. The Kier molecular flexibility index (Phi) is 1.90. The summed E-state index contributed by atoms with van der Waals surface area (Å²) in [5, 5.41) is 3.55. The van der Waals surface area contributed by atoms with Crippen molar-refractivity contribution in [2.24, 2.45) is 0 Å². The summed E-state index contributed by atoms with van der Waals surface area (Å²) in [4.78, 5) is 0. The molecule has 3 heterocycles. The second-order valence-electron chi connectivity index (χ2n) is 3.33. The van der Waals surface area contributed by atoms with Crippen LogP contribution in [0.25, 0.3) is 0 Å². The Labute approximate surface area is 75.8 Å². The van der Waals surface area contributed by atoms with Crippen LogP contribution in [0.2, 0.25) is 0 Å². The lowest BCUT2D eigenvalue weighted by Crippen LogP contribution is -2.62. The molecule has 3 aliphatic heterocycles. The number of hydrogen-bond acceptors (Lipinski definition) is 2. The van der Waals surface area contributed by atoms with Gasteiger partial charge in [0.15, 0.2) is 0 Å². The van der Waals surface area contributed by atoms with E-state index in [4.69, 9.17) is 0 Å². The Morgan fingerprint density at radius 1 is 1.50 bits per heavy atom. The van der Waals surface area contributed by atoms with Gasteiger partial charge >= 0.3 is 0 Å². The molecular formula is C7H13IN2. The molecule has 0 radical (unpaired) electrons. The lowest BCUT2D eigenvalue weighted by atomic mass is 9.90. The second kappa shape index (κ2) is 2.60. The van der Waals surface area contributed by atoms with Gasteiger partial charge in [0, 0.05) is 47.5 Å². The Hall–Kier alpha value is 0.650. The van der Waals surface area contributed by atoms with Gasteiger partial charge in [0.05, 0.1) is 0 Å². The van der Waals surface area contributed by atoms with Gasteiger partial charge in [-0.25, -0.2) is 3.11 Å². The predicted octanol–water partition coefficient (Wildman–Crippen LogP) is 1.16. The van der Waals surface area contributed by atoms with Gasteiger partial charge in [-0.1, -0.05) is 0 Å². The molecule has 3 heteroatoms. The van der Waals surface area contributed by atoms with Gasteiger partial charge in [-0.05, 0) is 19.8 Å². The number of halogens is 1. The summed E-state index contributed by atoms with van der Waals surface area (Å²) in [7, 11) is 0. The van der Waals surface area contributed by atoms with E-state index in [-0.39, 0.29) is 0 Å². The maximum absolute atomic E-state index is 3.55. The molecule has 0 spiro atoms. The molecule has 3 aliphatic rings. The molecule has 0 aromatic rings. The normalized spacial score (nSPS) is 48.0. The molecule has 0 amide bonds. The third kappa shape index (κ3) is 0.987. The van der Waals surface area contributed by atoms with E-state index in [1.807, 2.05) is 0 Å². The Morgan fingerprint density at radius 2 is 2.30 bits per heavy atom. The first-order valence-electron chi connectivity index (χ1n) is 3.96. The Morgan fingerprint density at radius 3 is 2.60 bits per heavy atom. The summed E-state index contributed by atoms with van der Waals surface area (Å²) in [6.45, 7) is 3.52. The molecule has 3 unspecified atom stereocenters. The molecule has 58 valence electrons. The maximum atomic E-state index is 3.55. The monoisotopic (exact) mass is 252 g/mol. The zero-order valence-electron chi connectivity index (χ0n) is 6.18. The summed E-state index contributed by atoms with van der Waals surface area (Å²) < 4.78 is 2.49. The van der Waals surface area contributed by atoms with Gasteiger partial charge in [-0.15, -0.1) is 0 Å². The van der Waals surface area contributed by atoms with Crippen LogP contribution in [0, 0.1) is 0 Å². The molecule has 3 atom stereocenters. The van der Waals surface area contributed by atoms with Crippen molar-refractivity contribution in [1.82, 2.24) is 8.43 Å². The molecule has 0 aliphatic carbocycles. The SMILES string of the molecule is CC1C2CCC(CN2)N1I. The fourth-order valence-electron chi connectivity index (χ4n) is 1.99. The number of fused-ring (bicyclic) bond motifs is 3. The summed E-state index contributed by atoms with van der Waals surface area (Å²) in [5.41, 5.74) is 0. The average Bonchev–Trinajstić information content (AvgIpc) is 2.00. The van der Waals surface area contributed by atoms with E-state index in [0.717, 1.165) is 18.1 Å². The van der Waals surface area contributed by atoms with E-state index < -0.39 is 0 Å². The van der Waals surface area contributed by atoms with E-state index in [1.165, 1.54) is 19.4 Å². The molecule has 3 fully saturated rings. The first-order chi connectivity index (χ1) is 4.79. The van der Waals surface area contributed by atoms with Crippen molar-refractivity contribution in [3.05, 3.63) is 0 Å². The van der Waals surface area contributed by atoms with Gasteiger partial charge in [-0.2, -0.15) is 0 Å². The quantitative estimate of drug-likeness (QED) is 0.514. The first kappa shape index (κ1) is 7.31. The molecule has 3 rings (SSSR count). The Balaban J connectivity index is 2.13. The lowest BCUT2D eigenvalue weighted by molar-refractivity contribution is 0.124. The number of hydrogen-bond donors (Lipinski definition) is 1. The highest BCUT2D eigenvalue weighted by molar-refractivity contribution is 14.1. The van der Waals surface area contributed by atoms with Crippen LogP contribution < -0.4 is 5.32 Å². The smallest absolute Gasteiger partial charge is 0.0323 e. The molecule has 0 saturated carbocycles. The fraction of sp³-hybridized carbons (Fsp3) is 1.00. The minimum absolute atomic E-state index is 0.744. The highest BCUT2D eigenvalue weighted by atomic mass is 127. The van der Waals surface area contributed by atoms with Crippen molar-refractivity contribution < 1.29 is 0 Å². The van der Waals surface area contributed by atoms with E-state index in [0.29, 0.717) is 0 Å². The molecule has 2 nitrogen and oxygen atoms in total. The zero-order valence-corrected chi connectivity index (χ0v) is 8.34. The highest BCUT2D eigenvalue weighted by Crippen LogP contribution is 2.30. The molecule has 10 heavy (non-hydrogen) atoms. The van der Waals surface area contributed by atoms with Gasteiger partial charge in [0.25, 0.3) is 0 Å². The maximum Gasteiger partial charge on any atom is 0.0323 e. The van der Waals surface area contributed by atoms with Crippen LogP contribution in [0.4, 0.5) is 0 Å². The van der Waals surface area contributed by atoms with Crippen molar-refractivity contribution in [1.29, 1.82) is 0 Å². The zero-order chi connectivity index (χ0) is 7.14. The van der Waals surface area contributed by atoms with Crippen LogP contribution >= 0.6 is 22.9 Å². The number of piperazine rings is 1. The van der Waals surface area contributed by atoms with E-state index in [1.54, 1.807) is 0 Å². The number of nitrogens with zero attached hydrogens (tertiary/aromatic N) is 1. The fourth-order valence-corrected chi connectivity index (χ4v) is 2.85. The topological polar surface area (TPSA) is 15.3 Å². The summed E-state index contributed by atoms with van der Waals surface area (Å²) in [6.07, 6.45) is 2.77. The number of rotatable bonds is 0. The van der Waals surface area contributed by atoms with Crippen LogP contribution in [-0.4, -0.2) is 27.8 Å². The molecule has 3 saturated heterocycles. The van der Waals surface area contributed by atoms with Crippen LogP contribution in [0.5, 0.6) is 0 Å². The third-order valence-corrected chi connectivity index (χ3v) is 4.41. The number of piperidine rings is 2. The molecule has 0 aromatic carbocycles. The van der Waals surface area contributed by atoms with E-state index in [2.05, 4.69) is 38.2 Å². The lowest BCUT2D eigenvalue weighted by Gasteiger charge is -2.47. The van der Waals surface area contributed by atoms with Crippen molar-refractivity contribution in [3.8, 4) is 0 Å². The predicted molar refractivity (Wildman–Crippen MR) is 50.1 cm³/mol. The second-order valence-corrected chi connectivity index (χ2v) is 4.44. The average molecular weight is 252 g/mol. The number of nitrogens with one attached hydrogen (secondary N) is 1. The minimum atomic E-state index is 0.744. The highest BCUT2D eigenvalue weighted by Gasteiger charge is 2.37. The van der Waals surface area contributed by atoms with Crippen LogP contribution in [0.1, 0.15) is 19.8 Å². The van der Waals surface area contributed by atoms with Gasteiger partial charge < -0.3 is 5.32 Å². The van der Waals surface area contributed by atoms with Crippen molar-refractivity contribution in [3.63, 3.8) is 0 Å². The largest absolute Gasteiger partial charge is 0.311 e. The summed E-state index contributed by atoms with van der Waals surface area (Å²) in [5.74, 6) is 0. The van der Waals surface area contributed by atoms with Crippen molar-refractivity contribution >= 4 is 22.9 Å². The third-order valence-electron chi connectivity index (χ3n) is 2.75. The van der Waals surface area contributed by atoms with Crippen LogP contribution in [-0.2, 0) is 0 Å². The first-order valence-corrected chi connectivity index (χ1v) is 4.93. The molecule has 0 aromatic heterocycles. The molecular weight excluding hydrogens is 239 g/mol. The Bertz CT molecular complexity index is 112. The van der Waals surface area contributed by atoms with Gasteiger partial charge in [-0.3, -0.25) is 0 Å². The van der Waals surface area contributed by atoms with Gasteiger partial charge in [0.1, 0.15) is 0 Å². The van der Waals surface area contributed by atoms with Crippen molar-refractivity contribution in [2.75, 3.05) is 6.54 Å². The van der Waals surface area contributed by atoms with E-state index in [9.17, 15) is 0 Å². The molecule has 2 bridgehead atoms. The molecule has 1 N–H and O–H groups in total. The van der Waals surface area contributed by atoms with Crippen LogP contribution in [0.15, 0.2) is 0 Å². The van der Waals surface area contributed by atoms with E-state index >= 15 is 0 Å². The minimum Gasteiger partial charge on any atom is -0.311 e. The standard InChI is InChI=1S/C7H13IN2/c1-5-7-3-2-6(4-9-7)10(5)8/h5-7,9H,2-4H2,1H3. The van der Waals surface area contributed by atoms with Gasteiger partial charge in [0.2, 0.25) is 0 Å².